The van der Waals surface area contributed by atoms with Crippen LogP contribution in [0.3, 0.4) is 0 Å². The number of ether oxygens (including phenoxy) is 2. The normalized spacial score (nSPS) is 29.6. The number of likely N-dealkylation sites (tertiary alicyclic amines) is 1. The zero-order valence-electron chi connectivity index (χ0n) is 24.4. The number of esters is 1. The summed E-state index contributed by atoms with van der Waals surface area (Å²) in [6.07, 6.45) is 10.4. The van der Waals surface area contributed by atoms with Crippen LogP contribution in [0.4, 0.5) is 0 Å². The zero-order chi connectivity index (χ0) is 29.6. The molecule has 4 fully saturated rings. The average molecular weight is 574 g/mol. The quantitative estimate of drug-likeness (QED) is 0.175. The molecule has 1 aliphatic carbocycles. The highest BCUT2D eigenvalue weighted by atomic mass is 16.6. The number of allylic oxidation sites excluding steroid dienone is 1. The minimum Gasteiger partial charge on any atom is -0.460 e. The van der Waals surface area contributed by atoms with Crippen molar-refractivity contribution in [3.8, 4) is 0 Å². The van der Waals surface area contributed by atoms with Crippen LogP contribution in [0.2, 0.25) is 0 Å². The van der Waals surface area contributed by atoms with E-state index in [0.717, 1.165) is 32.1 Å². The highest BCUT2D eigenvalue weighted by Gasteiger charge is 2.75. The summed E-state index contributed by atoms with van der Waals surface area (Å²) in [6.45, 7) is 10.1. The summed E-state index contributed by atoms with van der Waals surface area (Å²) in [4.78, 5) is 57.5. The molecule has 0 aromatic rings. The third kappa shape index (κ3) is 6.38. The predicted molar refractivity (Wildman–Crippen MR) is 152 cm³/mol. The van der Waals surface area contributed by atoms with Crippen LogP contribution in [-0.4, -0.2) is 94.7 Å². The van der Waals surface area contributed by atoms with Crippen molar-refractivity contribution in [1.82, 2.24) is 15.1 Å². The number of unbranched alkanes of at least 4 members (excludes halogenated alkanes) is 1. The Hall–Kier alpha value is -2.72. The van der Waals surface area contributed by atoms with Crippen molar-refractivity contribution >= 4 is 23.7 Å². The Morgan fingerprint density at radius 1 is 1.20 bits per heavy atom. The number of amides is 3. The summed E-state index contributed by atoms with van der Waals surface area (Å²) in [6, 6.07) is -0.744. The van der Waals surface area contributed by atoms with E-state index in [1.165, 1.54) is 0 Å². The highest BCUT2D eigenvalue weighted by Crippen LogP contribution is 2.59. The van der Waals surface area contributed by atoms with Gasteiger partial charge in [-0.2, -0.15) is 0 Å². The summed E-state index contributed by atoms with van der Waals surface area (Å²) in [5.41, 5.74) is -1.09. The van der Waals surface area contributed by atoms with E-state index >= 15 is 0 Å². The lowest BCUT2D eigenvalue weighted by molar-refractivity contribution is -0.159. The maximum atomic E-state index is 14.4. The fraction of sp³-hybridized carbons (Fsp3) is 0.742. The van der Waals surface area contributed by atoms with Crippen molar-refractivity contribution in [1.29, 1.82) is 0 Å². The van der Waals surface area contributed by atoms with E-state index in [9.17, 15) is 24.3 Å². The van der Waals surface area contributed by atoms with Crippen LogP contribution in [0.1, 0.15) is 77.6 Å². The maximum Gasteiger partial charge on any atom is 0.312 e. The molecule has 1 saturated carbocycles. The van der Waals surface area contributed by atoms with Gasteiger partial charge in [-0.1, -0.05) is 31.4 Å². The lowest BCUT2D eigenvalue weighted by Crippen LogP contribution is -2.58. The number of nitrogens with one attached hydrogen (secondary N) is 1. The molecule has 3 saturated heterocycles. The molecule has 41 heavy (non-hydrogen) atoms. The molecule has 0 radical (unpaired) electrons. The number of aliphatic hydroxyl groups is 1. The van der Waals surface area contributed by atoms with E-state index in [0.29, 0.717) is 51.6 Å². The van der Waals surface area contributed by atoms with Crippen LogP contribution in [0.5, 0.6) is 0 Å². The highest BCUT2D eigenvalue weighted by molar-refractivity contribution is 5.98. The Balaban J connectivity index is 1.55. The number of nitrogens with zero attached hydrogens (tertiary/aromatic N) is 2. The number of fused-ring (bicyclic) bond motifs is 1. The SMILES string of the molecule is C=CCCC(=O)NC[C@@H](C)OC(=O)[C@@H]1[C@H]2C(=O)N(CCCCO)[C@H](C(=O)N(CC=C)C3CCCCC3)[C@]23CC[C@H]1O3. The minimum atomic E-state index is -1.09. The van der Waals surface area contributed by atoms with E-state index in [1.807, 2.05) is 4.90 Å². The number of carbonyl (C=O) groups is 4. The minimum absolute atomic E-state index is 0.00454. The second-order valence-electron chi connectivity index (χ2n) is 12.0. The number of carbonyl (C=O) groups excluding carboxylic acids is 4. The lowest BCUT2D eigenvalue weighted by atomic mass is 9.70. The monoisotopic (exact) mass is 573 g/mol. The molecule has 10 heteroatoms. The van der Waals surface area contributed by atoms with Gasteiger partial charge in [0.15, 0.2) is 0 Å². The Morgan fingerprint density at radius 3 is 2.63 bits per heavy atom. The number of hydrogen-bond donors (Lipinski definition) is 2. The smallest absolute Gasteiger partial charge is 0.312 e. The van der Waals surface area contributed by atoms with Gasteiger partial charge in [-0.3, -0.25) is 19.2 Å². The van der Waals surface area contributed by atoms with Crippen molar-refractivity contribution in [3.63, 3.8) is 0 Å². The van der Waals surface area contributed by atoms with Crippen molar-refractivity contribution < 1.29 is 33.8 Å². The van der Waals surface area contributed by atoms with Crippen LogP contribution < -0.4 is 5.32 Å². The first-order valence-electron chi connectivity index (χ1n) is 15.4. The summed E-state index contributed by atoms with van der Waals surface area (Å²) in [7, 11) is 0. The average Bonchev–Trinajstić information content (AvgIpc) is 3.61. The van der Waals surface area contributed by atoms with Gasteiger partial charge in [-0.05, 0) is 51.9 Å². The fourth-order valence-electron chi connectivity index (χ4n) is 7.34. The zero-order valence-corrected chi connectivity index (χ0v) is 24.4. The Morgan fingerprint density at radius 2 is 1.95 bits per heavy atom. The van der Waals surface area contributed by atoms with Gasteiger partial charge in [0.25, 0.3) is 0 Å². The third-order valence-corrected chi connectivity index (χ3v) is 9.22. The van der Waals surface area contributed by atoms with Crippen LogP contribution >= 0.6 is 0 Å². The molecule has 4 rings (SSSR count). The van der Waals surface area contributed by atoms with Gasteiger partial charge in [0.05, 0.1) is 24.5 Å². The second kappa shape index (κ2) is 14.0. The Kier molecular flexibility index (Phi) is 10.6. The van der Waals surface area contributed by atoms with E-state index < -0.39 is 41.7 Å². The predicted octanol–water partition coefficient (Wildman–Crippen LogP) is 2.49. The van der Waals surface area contributed by atoms with Crippen molar-refractivity contribution in [2.45, 2.75) is 107 Å². The van der Waals surface area contributed by atoms with Crippen LogP contribution in [0.15, 0.2) is 25.3 Å². The largest absolute Gasteiger partial charge is 0.460 e. The van der Waals surface area contributed by atoms with Gasteiger partial charge < -0.3 is 29.7 Å². The molecule has 6 atom stereocenters. The van der Waals surface area contributed by atoms with Gasteiger partial charge in [0.1, 0.15) is 17.7 Å². The first kappa shape index (κ1) is 31.2. The summed E-state index contributed by atoms with van der Waals surface area (Å²) in [5.74, 6) is -2.68. The van der Waals surface area contributed by atoms with E-state index in [-0.39, 0.29) is 36.9 Å². The van der Waals surface area contributed by atoms with Crippen LogP contribution in [0, 0.1) is 11.8 Å². The third-order valence-electron chi connectivity index (χ3n) is 9.22. The molecule has 0 aromatic heterocycles. The van der Waals surface area contributed by atoms with Crippen molar-refractivity contribution in [2.24, 2.45) is 11.8 Å². The molecule has 0 unspecified atom stereocenters. The van der Waals surface area contributed by atoms with E-state index in [1.54, 1.807) is 24.0 Å². The molecule has 3 heterocycles. The molecule has 2 bridgehead atoms. The summed E-state index contributed by atoms with van der Waals surface area (Å²) >= 11 is 0. The summed E-state index contributed by atoms with van der Waals surface area (Å²) < 4.78 is 12.3. The molecule has 10 nitrogen and oxygen atoms in total. The number of aliphatic hydroxyl groups excluding tert-OH is 1. The molecule has 3 amide bonds. The summed E-state index contributed by atoms with van der Waals surface area (Å²) in [5, 5.41) is 12.2. The second-order valence-corrected chi connectivity index (χ2v) is 12.0. The van der Waals surface area contributed by atoms with Gasteiger partial charge in [-0.15, -0.1) is 13.2 Å². The molecule has 1 spiro atoms. The molecule has 2 N–H and O–H groups in total. The fourth-order valence-corrected chi connectivity index (χ4v) is 7.34. The Bertz CT molecular complexity index is 996. The molecule has 228 valence electrons. The van der Waals surface area contributed by atoms with E-state index in [4.69, 9.17) is 9.47 Å². The number of rotatable bonds is 15. The van der Waals surface area contributed by atoms with Gasteiger partial charge in [0, 0.05) is 32.2 Å². The Labute approximate surface area is 243 Å². The molecule has 3 aliphatic heterocycles. The molecule has 0 aromatic carbocycles. The molecule has 4 aliphatic rings. The molecular formula is C31H47N3O7. The standard InChI is InChI=1S/C31H47N3O7/c1-4-6-14-24(36)32-20-21(3)40-30(39)25-23-15-16-31(41-23)26(25)28(37)34(18-10-11-19-35)27(31)29(38)33(17-5-2)22-12-8-7-9-13-22/h4-5,21-23,25-27,35H,1-2,6-20H2,3H3,(H,32,36)/t21-,23-,25+,26+,27-,31+/m1/s1. The van der Waals surface area contributed by atoms with Gasteiger partial charge in [0.2, 0.25) is 17.7 Å². The van der Waals surface area contributed by atoms with Crippen molar-refractivity contribution in [3.05, 3.63) is 25.3 Å². The van der Waals surface area contributed by atoms with Gasteiger partial charge in [-0.25, -0.2) is 0 Å². The first-order chi connectivity index (χ1) is 19.8. The first-order valence-corrected chi connectivity index (χ1v) is 15.4. The lowest BCUT2D eigenvalue weighted by Gasteiger charge is -2.40. The number of hydrogen-bond acceptors (Lipinski definition) is 7. The van der Waals surface area contributed by atoms with Crippen molar-refractivity contribution in [2.75, 3.05) is 26.2 Å². The van der Waals surface area contributed by atoms with Gasteiger partial charge >= 0.3 is 5.97 Å². The van der Waals surface area contributed by atoms with Crippen LogP contribution in [-0.2, 0) is 28.7 Å². The van der Waals surface area contributed by atoms with E-state index in [2.05, 4.69) is 18.5 Å². The van der Waals surface area contributed by atoms with Crippen LogP contribution in [0.25, 0.3) is 0 Å². The molecular weight excluding hydrogens is 526 g/mol. The maximum absolute atomic E-state index is 14.4. The topological polar surface area (TPSA) is 125 Å².